The lowest BCUT2D eigenvalue weighted by Crippen LogP contribution is -2.11. The van der Waals surface area contributed by atoms with Crippen LogP contribution in [0.5, 0.6) is 0 Å². The number of esters is 1. The predicted octanol–water partition coefficient (Wildman–Crippen LogP) is 6.40. The van der Waals surface area contributed by atoms with Crippen molar-refractivity contribution in [3.8, 4) is 27.5 Å². The van der Waals surface area contributed by atoms with Gasteiger partial charge in [-0.2, -0.15) is 13.2 Å². The highest BCUT2D eigenvalue weighted by atomic mass is 32.2. The average molecular weight is 538 g/mol. The fourth-order valence-corrected chi connectivity index (χ4v) is 5.95. The Bertz CT molecular complexity index is 1470. The number of aromatic amines is 1. The van der Waals surface area contributed by atoms with Crippen LogP contribution in [0.1, 0.15) is 29.9 Å². The first kappa shape index (κ1) is 25.7. The predicted molar refractivity (Wildman–Crippen MR) is 130 cm³/mol. The minimum atomic E-state index is -4.48. The summed E-state index contributed by atoms with van der Waals surface area (Å²) >= 11 is 2.59. The smallest absolute Gasteiger partial charge is 0.416 e. The normalized spacial score (nSPS) is 11.8. The third-order valence-corrected chi connectivity index (χ3v) is 7.25. The molecular weight excluding hydrogens is 518 g/mol. The van der Waals surface area contributed by atoms with Crippen molar-refractivity contribution in [1.82, 2.24) is 14.8 Å². The van der Waals surface area contributed by atoms with E-state index in [4.69, 9.17) is 4.74 Å². The summed E-state index contributed by atoms with van der Waals surface area (Å²) in [5.74, 6) is -1.44. The Balaban J connectivity index is 1.90. The second-order valence-corrected chi connectivity index (χ2v) is 10.7. The zero-order valence-electron chi connectivity index (χ0n) is 19.1. The highest BCUT2D eigenvalue weighted by Gasteiger charge is 2.31. The number of hydrogen-bond acceptors (Lipinski definition) is 6. The highest BCUT2D eigenvalue weighted by Crippen LogP contribution is 2.41. The van der Waals surface area contributed by atoms with Gasteiger partial charge in [0.25, 0.3) is 5.56 Å². The van der Waals surface area contributed by atoms with Crippen LogP contribution in [-0.2, 0) is 10.9 Å². The molecule has 4 aromatic rings. The van der Waals surface area contributed by atoms with E-state index in [0.29, 0.717) is 15.5 Å². The van der Waals surface area contributed by atoms with Gasteiger partial charge in [0, 0.05) is 10.8 Å². The summed E-state index contributed by atoms with van der Waals surface area (Å²) in [6.45, 7) is 3.89. The summed E-state index contributed by atoms with van der Waals surface area (Å²) in [6.07, 6.45) is -4.48. The SMILES string of the molecule is COC(=O)c1c(-c2cccc(F)c2)c(=O)[nH]n1-c1nc(-c2ccc(C(F)(F)F)cc2)c(SC(C)C)s1. The molecule has 0 saturated heterocycles. The van der Waals surface area contributed by atoms with E-state index in [0.717, 1.165) is 41.3 Å². The Morgan fingerprint density at radius 3 is 2.42 bits per heavy atom. The molecule has 2 heterocycles. The van der Waals surface area contributed by atoms with Crippen LogP contribution in [0, 0.1) is 5.82 Å². The van der Waals surface area contributed by atoms with Crippen LogP contribution >= 0.6 is 23.1 Å². The topological polar surface area (TPSA) is 77.0 Å². The van der Waals surface area contributed by atoms with Crippen LogP contribution < -0.4 is 5.56 Å². The second kappa shape index (κ2) is 9.94. The molecule has 0 atom stereocenters. The molecule has 12 heteroatoms. The van der Waals surface area contributed by atoms with Crippen molar-refractivity contribution in [2.75, 3.05) is 7.11 Å². The minimum Gasteiger partial charge on any atom is -0.464 e. The van der Waals surface area contributed by atoms with Crippen LogP contribution in [0.2, 0.25) is 0 Å². The third-order valence-electron chi connectivity index (χ3n) is 5.00. The fraction of sp³-hybridized carbons (Fsp3) is 0.208. The number of nitrogens with one attached hydrogen (secondary N) is 1. The molecule has 188 valence electrons. The van der Waals surface area contributed by atoms with Crippen LogP contribution in [-0.4, -0.2) is 33.1 Å². The average Bonchev–Trinajstić information content (AvgIpc) is 3.38. The molecule has 6 nitrogen and oxygen atoms in total. The number of aromatic nitrogens is 3. The first-order chi connectivity index (χ1) is 17.0. The number of alkyl halides is 3. The van der Waals surface area contributed by atoms with E-state index < -0.39 is 29.1 Å². The molecule has 0 aliphatic heterocycles. The van der Waals surface area contributed by atoms with Crippen LogP contribution in [0.3, 0.4) is 0 Å². The molecule has 2 aromatic carbocycles. The van der Waals surface area contributed by atoms with Gasteiger partial charge in [0.15, 0.2) is 5.69 Å². The molecule has 0 unspecified atom stereocenters. The lowest BCUT2D eigenvalue weighted by Gasteiger charge is -2.08. The number of methoxy groups -OCH3 is 1. The van der Waals surface area contributed by atoms with Gasteiger partial charge in [0.2, 0.25) is 5.13 Å². The van der Waals surface area contributed by atoms with Crippen molar-refractivity contribution in [3.05, 3.63) is 76.0 Å². The zero-order valence-corrected chi connectivity index (χ0v) is 20.8. The Kier molecular flexibility index (Phi) is 7.10. The van der Waals surface area contributed by atoms with Gasteiger partial charge in [-0.1, -0.05) is 49.4 Å². The quantitative estimate of drug-likeness (QED) is 0.175. The van der Waals surface area contributed by atoms with E-state index in [1.807, 2.05) is 13.8 Å². The number of nitrogens with zero attached hydrogens (tertiary/aromatic N) is 2. The van der Waals surface area contributed by atoms with Gasteiger partial charge in [-0.05, 0) is 29.8 Å². The lowest BCUT2D eigenvalue weighted by molar-refractivity contribution is -0.137. The van der Waals surface area contributed by atoms with Crippen molar-refractivity contribution < 1.29 is 27.1 Å². The molecule has 0 fully saturated rings. The number of rotatable bonds is 6. The van der Waals surface area contributed by atoms with Gasteiger partial charge in [0.1, 0.15) is 5.82 Å². The number of carbonyl (C=O) groups excluding carboxylic acids is 1. The van der Waals surface area contributed by atoms with Gasteiger partial charge in [-0.15, -0.1) is 11.8 Å². The summed E-state index contributed by atoms with van der Waals surface area (Å²) in [4.78, 5) is 30.2. The summed E-state index contributed by atoms with van der Waals surface area (Å²) in [7, 11) is 1.15. The maximum atomic E-state index is 13.9. The number of thiazole rings is 1. The standard InChI is InChI=1S/C24H19F4N3O3S2/c1-12(2)35-22-18(13-7-9-15(10-8-13)24(26,27)28)29-23(36-22)31-19(21(33)34-3)17(20(32)30-31)14-5-4-6-16(25)11-14/h4-12H,1-3H3,(H,30,32). The number of ether oxygens (including phenoxy) is 1. The first-order valence-electron chi connectivity index (χ1n) is 10.5. The molecule has 0 spiro atoms. The van der Waals surface area contributed by atoms with Crippen molar-refractivity contribution >= 4 is 29.1 Å². The van der Waals surface area contributed by atoms with Gasteiger partial charge in [-0.25, -0.2) is 18.9 Å². The van der Waals surface area contributed by atoms with Crippen molar-refractivity contribution in [2.45, 2.75) is 29.5 Å². The van der Waals surface area contributed by atoms with Crippen molar-refractivity contribution in [3.63, 3.8) is 0 Å². The number of hydrogen-bond donors (Lipinski definition) is 1. The molecule has 0 aliphatic carbocycles. The lowest BCUT2D eigenvalue weighted by atomic mass is 10.1. The van der Waals surface area contributed by atoms with E-state index in [1.54, 1.807) is 0 Å². The number of halogens is 4. The molecule has 0 amide bonds. The largest absolute Gasteiger partial charge is 0.464 e. The molecule has 0 aliphatic rings. The Morgan fingerprint density at radius 1 is 1.14 bits per heavy atom. The molecule has 0 saturated carbocycles. The summed E-state index contributed by atoms with van der Waals surface area (Å²) in [5, 5.41) is 2.86. The first-order valence-corrected chi connectivity index (χ1v) is 12.2. The molecule has 4 rings (SSSR count). The Hall–Kier alpha value is -3.38. The molecule has 0 bridgehead atoms. The fourth-order valence-electron chi connectivity index (χ4n) is 3.46. The van der Waals surface area contributed by atoms with E-state index in [9.17, 15) is 27.2 Å². The summed E-state index contributed by atoms with van der Waals surface area (Å²) in [6, 6.07) is 9.81. The van der Waals surface area contributed by atoms with Crippen molar-refractivity contribution in [2.24, 2.45) is 0 Å². The Labute approximate surface area is 210 Å². The number of H-pyrrole nitrogens is 1. The maximum absolute atomic E-state index is 13.9. The van der Waals surface area contributed by atoms with Gasteiger partial charge in [0.05, 0.1) is 28.1 Å². The Morgan fingerprint density at radius 2 is 1.83 bits per heavy atom. The molecule has 2 aromatic heterocycles. The van der Waals surface area contributed by atoms with Crippen molar-refractivity contribution in [1.29, 1.82) is 0 Å². The van der Waals surface area contributed by atoms with Crippen LogP contribution in [0.15, 0.2) is 57.5 Å². The molecular formula is C24H19F4N3O3S2. The van der Waals surface area contributed by atoms with E-state index in [-0.39, 0.29) is 27.2 Å². The van der Waals surface area contributed by atoms with Crippen LogP contribution in [0.25, 0.3) is 27.5 Å². The van der Waals surface area contributed by atoms with E-state index in [2.05, 4.69) is 10.1 Å². The molecule has 1 N–H and O–H groups in total. The highest BCUT2D eigenvalue weighted by molar-refractivity contribution is 8.01. The second-order valence-electron chi connectivity index (χ2n) is 7.88. The zero-order chi connectivity index (χ0) is 26.2. The van der Waals surface area contributed by atoms with Gasteiger partial charge < -0.3 is 4.74 Å². The van der Waals surface area contributed by atoms with Crippen LogP contribution in [0.4, 0.5) is 17.6 Å². The molecule has 36 heavy (non-hydrogen) atoms. The minimum absolute atomic E-state index is 0.0920. The third kappa shape index (κ3) is 5.09. The number of benzene rings is 2. The number of carbonyl (C=O) groups is 1. The van der Waals surface area contributed by atoms with E-state index >= 15 is 0 Å². The maximum Gasteiger partial charge on any atom is 0.416 e. The summed E-state index contributed by atoms with van der Waals surface area (Å²) < 4.78 is 59.7. The van der Waals surface area contributed by atoms with Gasteiger partial charge in [-0.3, -0.25) is 9.89 Å². The number of thioether (sulfide) groups is 1. The van der Waals surface area contributed by atoms with E-state index in [1.165, 1.54) is 42.1 Å². The molecule has 0 radical (unpaired) electrons. The van der Waals surface area contributed by atoms with Gasteiger partial charge >= 0.3 is 12.1 Å². The summed E-state index contributed by atoms with van der Waals surface area (Å²) in [5.41, 5.74) is -0.708. The monoisotopic (exact) mass is 537 g/mol.